The molecule has 0 radical (unpaired) electrons. The Bertz CT molecular complexity index is 864. The van der Waals surface area contributed by atoms with Crippen LogP contribution in [0.15, 0.2) is 84.9 Å². The average molecular weight is 372 g/mol. The van der Waals surface area contributed by atoms with E-state index in [-0.39, 0.29) is 11.8 Å². The maximum Gasteiger partial charge on any atom is 0.258 e. The standard InChI is InChI=1S/C24H24N2O2/c1-3-25(21-14-7-5-8-15-21)23(27)19-12-11-13-20(18-19)24(28)26(4-2)22-16-9-6-10-17-22/h5-18H,3-4H2,1-2H3. The second-order valence-corrected chi connectivity index (χ2v) is 6.35. The quantitative estimate of drug-likeness (QED) is 0.609. The minimum absolute atomic E-state index is 0.119. The zero-order valence-corrected chi connectivity index (χ0v) is 16.2. The Kier molecular flexibility index (Phi) is 6.22. The molecule has 2 amide bonds. The van der Waals surface area contributed by atoms with Gasteiger partial charge in [0.1, 0.15) is 0 Å². The highest BCUT2D eigenvalue weighted by molar-refractivity contribution is 6.10. The Morgan fingerprint density at radius 2 is 1.00 bits per heavy atom. The van der Waals surface area contributed by atoms with E-state index in [0.29, 0.717) is 24.2 Å². The zero-order chi connectivity index (χ0) is 19.9. The predicted molar refractivity (Wildman–Crippen MR) is 114 cm³/mol. The first kappa shape index (κ1) is 19.4. The van der Waals surface area contributed by atoms with Gasteiger partial charge < -0.3 is 9.80 Å². The SMILES string of the molecule is CCN(C(=O)c1cccc(C(=O)N(CC)c2ccccc2)c1)c1ccccc1. The van der Waals surface area contributed by atoms with E-state index < -0.39 is 0 Å². The predicted octanol–water partition coefficient (Wildman–Crippen LogP) is 5.02. The second kappa shape index (κ2) is 9.00. The molecular weight excluding hydrogens is 348 g/mol. The molecule has 3 aromatic carbocycles. The van der Waals surface area contributed by atoms with Crippen LogP contribution >= 0.6 is 0 Å². The van der Waals surface area contributed by atoms with Crippen molar-refractivity contribution < 1.29 is 9.59 Å². The lowest BCUT2D eigenvalue weighted by Crippen LogP contribution is -2.32. The number of para-hydroxylation sites is 2. The van der Waals surface area contributed by atoms with Crippen molar-refractivity contribution in [3.8, 4) is 0 Å². The fourth-order valence-electron chi connectivity index (χ4n) is 3.20. The van der Waals surface area contributed by atoms with E-state index >= 15 is 0 Å². The smallest absolute Gasteiger partial charge is 0.258 e. The summed E-state index contributed by atoms with van der Waals surface area (Å²) in [5.74, 6) is -0.239. The molecule has 3 rings (SSSR count). The van der Waals surface area contributed by atoms with Gasteiger partial charge in [0.15, 0.2) is 0 Å². The van der Waals surface area contributed by atoms with E-state index in [1.807, 2.05) is 74.5 Å². The minimum atomic E-state index is -0.119. The van der Waals surface area contributed by atoms with Crippen molar-refractivity contribution in [1.82, 2.24) is 0 Å². The van der Waals surface area contributed by atoms with Gasteiger partial charge in [0.05, 0.1) is 0 Å². The zero-order valence-electron chi connectivity index (χ0n) is 16.2. The molecule has 0 saturated heterocycles. The number of carbonyl (C=O) groups excluding carboxylic acids is 2. The van der Waals surface area contributed by atoms with Crippen molar-refractivity contribution in [3.63, 3.8) is 0 Å². The number of carbonyl (C=O) groups is 2. The fraction of sp³-hybridized carbons (Fsp3) is 0.167. The van der Waals surface area contributed by atoms with Gasteiger partial charge in [-0.2, -0.15) is 0 Å². The molecule has 0 aliphatic heterocycles. The topological polar surface area (TPSA) is 40.6 Å². The first-order valence-corrected chi connectivity index (χ1v) is 9.49. The van der Waals surface area contributed by atoms with E-state index in [2.05, 4.69) is 0 Å². The number of hydrogen-bond acceptors (Lipinski definition) is 2. The molecule has 0 aromatic heterocycles. The molecule has 142 valence electrons. The molecule has 4 heteroatoms. The maximum atomic E-state index is 13.1. The van der Waals surface area contributed by atoms with Gasteiger partial charge in [0.2, 0.25) is 0 Å². The first-order chi connectivity index (χ1) is 13.7. The van der Waals surface area contributed by atoms with Crippen molar-refractivity contribution in [2.24, 2.45) is 0 Å². The van der Waals surface area contributed by atoms with Gasteiger partial charge in [-0.05, 0) is 56.3 Å². The summed E-state index contributed by atoms with van der Waals surface area (Å²) in [6, 6.07) is 26.1. The number of benzene rings is 3. The number of nitrogens with zero attached hydrogens (tertiary/aromatic N) is 2. The van der Waals surface area contributed by atoms with Crippen molar-refractivity contribution in [2.75, 3.05) is 22.9 Å². The molecule has 0 spiro atoms. The molecule has 0 N–H and O–H groups in total. The lowest BCUT2D eigenvalue weighted by Gasteiger charge is -2.23. The second-order valence-electron chi connectivity index (χ2n) is 6.35. The molecule has 28 heavy (non-hydrogen) atoms. The lowest BCUT2D eigenvalue weighted by atomic mass is 10.1. The molecule has 0 heterocycles. The van der Waals surface area contributed by atoms with Crippen molar-refractivity contribution in [3.05, 3.63) is 96.1 Å². The Labute approximate surface area is 166 Å². The van der Waals surface area contributed by atoms with E-state index in [9.17, 15) is 9.59 Å². The van der Waals surface area contributed by atoms with Crippen LogP contribution in [-0.2, 0) is 0 Å². The normalized spacial score (nSPS) is 10.4. The Hall–Kier alpha value is -3.40. The highest BCUT2D eigenvalue weighted by Gasteiger charge is 2.20. The van der Waals surface area contributed by atoms with Gasteiger partial charge in [-0.1, -0.05) is 42.5 Å². The van der Waals surface area contributed by atoms with Crippen molar-refractivity contribution >= 4 is 23.2 Å². The van der Waals surface area contributed by atoms with Crippen LogP contribution in [0.3, 0.4) is 0 Å². The summed E-state index contributed by atoms with van der Waals surface area (Å²) in [4.78, 5) is 29.5. The molecule has 4 nitrogen and oxygen atoms in total. The Morgan fingerprint density at radius 1 is 0.607 bits per heavy atom. The molecule has 0 unspecified atom stereocenters. The molecule has 0 atom stereocenters. The van der Waals surface area contributed by atoms with Gasteiger partial charge in [0.25, 0.3) is 11.8 Å². The Morgan fingerprint density at radius 3 is 1.36 bits per heavy atom. The van der Waals surface area contributed by atoms with Crippen LogP contribution in [0.1, 0.15) is 34.6 Å². The van der Waals surface area contributed by atoms with Gasteiger partial charge in [-0.3, -0.25) is 9.59 Å². The van der Waals surface area contributed by atoms with Gasteiger partial charge in [-0.25, -0.2) is 0 Å². The molecule has 0 aliphatic rings. The monoisotopic (exact) mass is 372 g/mol. The highest BCUT2D eigenvalue weighted by atomic mass is 16.2. The van der Waals surface area contributed by atoms with Gasteiger partial charge in [-0.15, -0.1) is 0 Å². The molecular formula is C24H24N2O2. The summed E-state index contributed by atoms with van der Waals surface area (Å²) < 4.78 is 0. The number of amides is 2. The third kappa shape index (κ3) is 4.12. The molecule has 0 saturated carbocycles. The van der Waals surface area contributed by atoms with Crippen LogP contribution in [0.25, 0.3) is 0 Å². The maximum absolute atomic E-state index is 13.1. The molecule has 3 aromatic rings. The van der Waals surface area contributed by atoms with Crippen LogP contribution in [0, 0.1) is 0 Å². The summed E-state index contributed by atoms with van der Waals surface area (Å²) in [7, 11) is 0. The van der Waals surface area contributed by atoms with Gasteiger partial charge >= 0.3 is 0 Å². The summed E-state index contributed by atoms with van der Waals surface area (Å²) in [5, 5.41) is 0. The average Bonchev–Trinajstić information content (AvgIpc) is 2.76. The minimum Gasteiger partial charge on any atom is -0.309 e. The largest absolute Gasteiger partial charge is 0.309 e. The third-order valence-electron chi connectivity index (χ3n) is 4.61. The van der Waals surface area contributed by atoms with E-state index in [0.717, 1.165) is 11.4 Å². The Balaban J connectivity index is 1.89. The van der Waals surface area contributed by atoms with Crippen LogP contribution < -0.4 is 9.80 Å². The van der Waals surface area contributed by atoms with Crippen LogP contribution in [0.2, 0.25) is 0 Å². The van der Waals surface area contributed by atoms with E-state index in [1.54, 1.807) is 34.1 Å². The van der Waals surface area contributed by atoms with Crippen molar-refractivity contribution in [2.45, 2.75) is 13.8 Å². The molecule has 0 bridgehead atoms. The van der Waals surface area contributed by atoms with Crippen LogP contribution in [-0.4, -0.2) is 24.9 Å². The highest BCUT2D eigenvalue weighted by Crippen LogP contribution is 2.20. The number of anilines is 2. The van der Waals surface area contributed by atoms with Crippen LogP contribution in [0.5, 0.6) is 0 Å². The summed E-state index contributed by atoms with van der Waals surface area (Å²) >= 11 is 0. The van der Waals surface area contributed by atoms with Crippen LogP contribution in [0.4, 0.5) is 11.4 Å². The lowest BCUT2D eigenvalue weighted by molar-refractivity contribution is 0.0987. The molecule has 0 aliphatic carbocycles. The summed E-state index contributed by atoms with van der Waals surface area (Å²) in [5.41, 5.74) is 2.68. The summed E-state index contributed by atoms with van der Waals surface area (Å²) in [6.45, 7) is 4.97. The molecule has 0 fully saturated rings. The number of rotatable bonds is 6. The van der Waals surface area contributed by atoms with E-state index in [1.165, 1.54) is 0 Å². The first-order valence-electron chi connectivity index (χ1n) is 9.49. The number of hydrogen-bond donors (Lipinski definition) is 0. The fourth-order valence-corrected chi connectivity index (χ4v) is 3.20. The third-order valence-corrected chi connectivity index (χ3v) is 4.61. The van der Waals surface area contributed by atoms with E-state index in [4.69, 9.17) is 0 Å². The van der Waals surface area contributed by atoms with Gasteiger partial charge in [0, 0.05) is 35.6 Å². The van der Waals surface area contributed by atoms with Crippen molar-refractivity contribution in [1.29, 1.82) is 0 Å². The summed E-state index contributed by atoms with van der Waals surface area (Å²) in [6.07, 6.45) is 0.